The van der Waals surface area contributed by atoms with Crippen molar-refractivity contribution in [3.05, 3.63) is 35.2 Å². The SMILES string of the molecule is CN1CCN(c2ccc(Nc3ncc(C(F)(F)F)c(Cl)n3)cn2)CC1. The molecule has 3 rings (SSSR count). The first-order valence-electron chi connectivity index (χ1n) is 7.59. The number of hydrogen-bond acceptors (Lipinski definition) is 6. The first kappa shape index (κ1) is 17.7. The monoisotopic (exact) mass is 372 g/mol. The Balaban J connectivity index is 1.68. The number of aromatic nitrogens is 3. The molecule has 3 heterocycles. The van der Waals surface area contributed by atoms with E-state index in [9.17, 15) is 13.2 Å². The van der Waals surface area contributed by atoms with E-state index in [0.29, 0.717) is 11.9 Å². The predicted octanol–water partition coefficient (Wildman–Crippen LogP) is 3.04. The van der Waals surface area contributed by atoms with Crippen LogP contribution in [-0.2, 0) is 6.18 Å². The van der Waals surface area contributed by atoms with Crippen molar-refractivity contribution in [3.63, 3.8) is 0 Å². The summed E-state index contributed by atoms with van der Waals surface area (Å²) >= 11 is 5.58. The summed E-state index contributed by atoms with van der Waals surface area (Å²) in [7, 11) is 2.08. The minimum atomic E-state index is -4.58. The van der Waals surface area contributed by atoms with Gasteiger partial charge in [-0.1, -0.05) is 11.6 Å². The van der Waals surface area contributed by atoms with Crippen molar-refractivity contribution in [1.82, 2.24) is 19.9 Å². The smallest absolute Gasteiger partial charge is 0.354 e. The molecule has 0 radical (unpaired) electrons. The van der Waals surface area contributed by atoms with Crippen LogP contribution in [0.1, 0.15) is 5.56 Å². The largest absolute Gasteiger partial charge is 0.420 e. The number of alkyl halides is 3. The van der Waals surface area contributed by atoms with E-state index in [1.165, 1.54) is 0 Å². The van der Waals surface area contributed by atoms with Crippen LogP contribution in [0.3, 0.4) is 0 Å². The lowest BCUT2D eigenvalue weighted by Gasteiger charge is -2.33. The van der Waals surface area contributed by atoms with Crippen molar-refractivity contribution in [1.29, 1.82) is 0 Å². The number of likely N-dealkylation sites (N-methyl/N-ethyl adjacent to an activating group) is 1. The molecule has 0 amide bonds. The van der Waals surface area contributed by atoms with E-state index in [1.807, 2.05) is 6.07 Å². The average Bonchev–Trinajstić information content (AvgIpc) is 2.55. The summed E-state index contributed by atoms with van der Waals surface area (Å²) in [4.78, 5) is 16.1. The molecule has 1 saturated heterocycles. The van der Waals surface area contributed by atoms with E-state index >= 15 is 0 Å². The Bertz CT molecular complexity index is 729. The molecule has 134 valence electrons. The van der Waals surface area contributed by atoms with Gasteiger partial charge in [0.2, 0.25) is 5.95 Å². The Morgan fingerprint density at radius 1 is 1.08 bits per heavy atom. The van der Waals surface area contributed by atoms with Gasteiger partial charge in [0, 0.05) is 32.4 Å². The number of pyridine rings is 1. The lowest BCUT2D eigenvalue weighted by molar-refractivity contribution is -0.137. The van der Waals surface area contributed by atoms with E-state index in [4.69, 9.17) is 11.6 Å². The first-order chi connectivity index (χ1) is 11.8. The minimum absolute atomic E-state index is 0.0212. The van der Waals surface area contributed by atoms with Crippen LogP contribution in [0.5, 0.6) is 0 Å². The Hall–Kier alpha value is -2.13. The molecule has 0 atom stereocenters. The van der Waals surface area contributed by atoms with Gasteiger partial charge in [0.1, 0.15) is 16.5 Å². The van der Waals surface area contributed by atoms with Gasteiger partial charge in [0.25, 0.3) is 0 Å². The predicted molar refractivity (Wildman–Crippen MR) is 89.3 cm³/mol. The van der Waals surface area contributed by atoms with Gasteiger partial charge in [-0.25, -0.2) is 15.0 Å². The van der Waals surface area contributed by atoms with Crippen molar-refractivity contribution in [2.24, 2.45) is 0 Å². The highest BCUT2D eigenvalue weighted by Crippen LogP contribution is 2.33. The summed E-state index contributed by atoms with van der Waals surface area (Å²) in [5, 5.41) is 2.15. The van der Waals surface area contributed by atoms with Crippen LogP contribution >= 0.6 is 11.6 Å². The summed E-state index contributed by atoms with van der Waals surface area (Å²) in [6.45, 7) is 3.74. The van der Waals surface area contributed by atoms with Crippen LogP contribution in [0.4, 0.5) is 30.6 Å². The molecule has 2 aromatic heterocycles. The van der Waals surface area contributed by atoms with Gasteiger partial charge >= 0.3 is 6.18 Å². The zero-order valence-corrected chi connectivity index (χ0v) is 14.1. The molecule has 0 aliphatic carbocycles. The number of nitrogens with one attached hydrogen (secondary N) is 1. The highest BCUT2D eigenvalue weighted by molar-refractivity contribution is 6.30. The summed E-state index contributed by atoms with van der Waals surface area (Å²) in [6, 6.07) is 3.62. The Kier molecular flexibility index (Phi) is 4.96. The average molecular weight is 373 g/mol. The van der Waals surface area contributed by atoms with Gasteiger partial charge < -0.3 is 15.1 Å². The molecule has 10 heteroatoms. The third kappa shape index (κ3) is 4.29. The molecule has 0 bridgehead atoms. The molecule has 1 fully saturated rings. The number of rotatable bonds is 3. The van der Waals surface area contributed by atoms with Crippen molar-refractivity contribution in [3.8, 4) is 0 Å². The van der Waals surface area contributed by atoms with E-state index in [0.717, 1.165) is 32.0 Å². The van der Waals surface area contributed by atoms with Crippen molar-refractivity contribution in [2.75, 3.05) is 43.4 Å². The quantitative estimate of drug-likeness (QED) is 0.836. The number of piperazine rings is 1. The third-order valence-corrected chi connectivity index (χ3v) is 4.17. The van der Waals surface area contributed by atoms with Crippen molar-refractivity contribution >= 4 is 29.1 Å². The second-order valence-electron chi connectivity index (χ2n) is 5.72. The van der Waals surface area contributed by atoms with E-state index < -0.39 is 16.9 Å². The minimum Gasteiger partial charge on any atom is -0.354 e. The zero-order valence-electron chi connectivity index (χ0n) is 13.4. The lowest BCUT2D eigenvalue weighted by Crippen LogP contribution is -2.44. The second-order valence-corrected chi connectivity index (χ2v) is 6.07. The molecule has 1 N–H and O–H groups in total. The molecule has 0 saturated carbocycles. The summed E-state index contributed by atoms with van der Waals surface area (Å²) in [6.07, 6.45) is -2.34. The van der Waals surface area contributed by atoms with Crippen LogP contribution in [0.2, 0.25) is 5.15 Å². The standard InChI is InChI=1S/C15H16ClF3N6/c1-24-4-6-25(7-5-24)12-3-2-10(8-20-12)22-14-21-9-11(13(16)23-14)15(17,18)19/h2-3,8-9H,4-7H2,1H3,(H,21,22,23). The molecule has 0 spiro atoms. The summed E-state index contributed by atoms with van der Waals surface area (Å²) in [5.74, 6) is 0.831. The summed E-state index contributed by atoms with van der Waals surface area (Å²) < 4.78 is 38.0. The fourth-order valence-corrected chi connectivity index (χ4v) is 2.66. The first-order valence-corrected chi connectivity index (χ1v) is 7.97. The molecule has 2 aromatic rings. The van der Waals surface area contributed by atoms with Gasteiger partial charge in [-0.05, 0) is 19.2 Å². The maximum absolute atomic E-state index is 12.7. The van der Waals surface area contributed by atoms with Gasteiger partial charge in [0.05, 0.1) is 11.9 Å². The highest BCUT2D eigenvalue weighted by atomic mass is 35.5. The molecular formula is C15H16ClF3N6. The summed E-state index contributed by atoms with van der Waals surface area (Å²) in [5.41, 5.74) is -0.503. The van der Waals surface area contributed by atoms with Crippen LogP contribution in [0, 0.1) is 0 Å². The molecule has 0 unspecified atom stereocenters. The molecule has 1 aliphatic heterocycles. The Labute approximate surface area is 147 Å². The maximum Gasteiger partial charge on any atom is 0.420 e. The van der Waals surface area contributed by atoms with Crippen molar-refractivity contribution < 1.29 is 13.2 Å². The zero-order chi connectivity index (χ0) is 18.0. The normalized spacial score (nSPS) is 16.1. The Morgan fingerprint density at radius 2 is 1.80 bits per heavy atom. The van der Waals surface area contributed by atoms with E-state index in [-0.39, 0.29) is 5.95 Å². The van der Waals surface area contributed by atoms with Gasteiger partial charge in [0.15, 0.2) is 0 Å². The number of halogens is 4. The van der Waals surface area contributed by atoms with Crippen LogP contribution in [0.25, 0.3) is 0 Å². The van der Waals surface area contributed by atoms with Gasteiger partial charge in [-0.2, -0.15) is 13.2 Å². The molecule has 25 heavy (non-hydrogen) atoms. The van der Waals surface area contributed by atoms with E-state index in [2.05, 4.69) is 37.1 Å². The van der Waals surface area contributed by atoms with Crippen LogP contribution in [0.15, 0.2) is 24.5 Å². The fraction of sp³-hybridized carbons (Fsp3) is 0.400. The lowest BCUT2D eigenvalue weighted by atomic mass is 10.3. The van der Waals surface area contributed by atoms with Crippen LogP contribution < -0.4 is 10.2 Å². The van der Waals surface area contributed by atoms with Crippen LogP contribution in [-0.4, -0.2) is 53.1 Å². The highest BCUT2D eigenvalue weighted by Gasteiger charge is 2.34. The number of hydrogen-bond donors (Lipinski definition) is 1. The molecule has 6 nitrogen and oxygen atoms in total. The van der Waals surface area contributed by atoms with Gasteiger partial charge in [-0.15, -0.1) is 0 Å². The third-order valence-electron chi connectivity index (χ3n) is 3.88. The molecular weight excluding hydrogens is 357 g/mol. The number of anilines is 3. The second kappa shape index (κ2) is 7.01. The number of nitrogens with zero attached hydrogens (tertiary/aromatic N) is 5. The molecule has 0 aromatic carbocycles. The topological polar surface area (TPSA) is 57.2 Å². The van der Waals surface area contributed by atoms with Gasteiger partial charge in [-0.3, -0.25) is 0 Å². The maximum atomic E-state index is 12.7. The van der Waals surface area contributed by atoms with E-state index in [1.54, 1.807) is 12.3 Å². The fourth-order valence-electron chi connectivity index (χ4n) is 2.42. The Morgan fingerprint density at radius 3 is 2.36 bits per heavy atom. The molecule has 1 aliphatic rings. The van der Waals surface area contributed by atoms with Crippen molar-refractivity contribution in [2.45, 2.75) is 6.18 Å².